The van der Waals surface area contributed by atoms with Gasteiger partial charge in [-0.2, -0.15) is 0 Å². The number of nitrogens with one attached hydrogen (secondary N) is 1. The molecule has 0 spiro atoms. The summed E-state index contributed by atoms with van der Waals surface area (Å²) in [4.78, 5) is 16.6. The second-order valence-corrected chi connectivity index (χ2v) is 7.21. The minimum absolute atomic E-state index is 0.162. The number of carbonyl (C=O) groups is 1. The van der Waals surface area contributed by atoms with Gasteiger partial charge in [0.1, 0.15) is 12.4 Å². The Kier molecular flexibility index (Phi) is 6.51. The minimum Gasteiger partial charge on any atom is -0.497 e. The molecule has 0 bridgehead atoms. The van der Waals surface area contributed by atoms with E-state index in [4.69, 9.17) is 14.2 Å². The van der Waals surface area contributed by atoms with Gasteiger partial charge in [0.15, 0.2) is 11.4 Å². The van der Waals surface area contributed by atoms with E-state index in [0.29, 0.717) is 18.9 Å². The summed E-state index contributed by atoms with van der Waals surface area (Å²) in [5.41, 5.74) is 3.24. The molecule has 32 heavy (non-hydrogen) atoms. The Morgan fingerprint density at radius 2 is 1.72 bits per heavy atom. The summed E-state index contributed by atoms with van der Waals surface area (Å²) in [6.45, 7) is 0.990. The first-order valence-corrected chi connectivity index (χ1v) is 10.2. The van der Waals surface area contributed by atoms with Crippen LogP contribution in [0.5, 0.6) is 11.5 Å². The molecule has 0 radical (unpaired) electrons. The Morgan fingerprint density at radius 3 is 2.44 bits per heavy atom. The average Bonchev–Trinajstić information content (AvgIpc) is 2.86. The lowest BCUT2D eigenvalue weighted by Crippen LogP contribution is -2.09. The molecule has 0 unspecified atom stereocenters. The second kappa shape index (κ2) is 9.83. The van der Waals surface area contributed by atoms with Gasteiger partial charge in [-0.1, -0.05) is 42.5 Å². The van der Waals surface area contributed by atoms with E-state index in [0.717, 1.165) is 33.3 Å². The predicted molar refractivity (Wildman–Crippen MR) is 124 cm³/mol. The molecule has 162 valence electrons. The number of hydrogen-bond donors (Lipinski definition) is 1. The lowest BCUT2D eigenvalue weighted by atomic mass is 10.1. The first kappa shape index (κ1) is 21.2. The van der Waals surface area contributed by atoms with Crippen molar-refractivity contribution < 1.29 is 19.0 Å². The van der Waals surface area contributed by atoms with E-state index in [2.05, 4.69) is 10.3 Å². The number of esters is 1. The van der Waals surface area contributed by atoms with Crippen molar-refractivity contribution in [2.24, 2.45) is 0 Å². The number of carbonyl (C=O) groups excluding carboxylic acids is 1. The number of rotatable bonds is 8. The summed E-state index contributed by atoms with van der Waals surface area (Å²) in [5.74, 6) is 0.714. The number of hydrogen-bond acceptors (Lipinski definition) is 6. The van der Waals surface area contributed by atoms with Crippen molar-refractivity contribution in [2.45, 2.75) is 13.2 Å². The van der Waals surface area contributed by atoms with Crippen molar-refractivity contribution in [3.8, 4) is 11.5 Å². The highest BCUT2D eigenvalue weighted by Crippen LogP contribution is 2.31. The smallest absolute Gasteiger partial charge is 0.360 e. The van der Waals surface area contributed by atoms with E-state index in [1.54, 1.807) is 13.3 Å². The topological polar surface area (TPSA) is 69.7 Å². The van der Waals surface area contributed by atoms with Crippen molar-refractivity contribution in [1.29, 1.82) is 0 Å². The zero-order valence-electron chi connectivity index (χ0n) is 18.0. The third-order valence-electron chi connectivity index (χ3n) is 5.10. The zero-order valence-corrected chi connectivity index (χ0v) is 18.0. The van der Waals surface area contributed by atoms with Gasteiger partial charge in [-0.05, 0) is 41.5 Å². The van der Waals surface area contributed by atoms with Crippen molar-refractivity contribution in [2.75, 3.05) is 19.5 Å². The highest BCUT2D eigenvalue weighted by atomic mass is 16.5. The summed E-state index contributed by atoms with van der Waals surface area (Å²) >= 11 is 0. The molecule has 3 aromatic carbocycles. The average molecular weight is 428 g/mol. The summed E-state index contributed by atoms with van der Waals surface area (Å²) in [5, 5.41) is 5.07. The van der Waals surface area contributed by atoms with Crippen LogP contribution in [-0.2, 0) is 17.9 Å². The fourth-order valence-corrected chi connectivity index (χ4v) is 3.37. The van der Waals surface area contributed by atoms with E-state index in [-0.39, 0.29) is 5.69 Å². The molecule has 1 heterocycles. The predicted octanol–water partition coefficient (Wildman–Crippen LogP) is 5.22. The number of nitrogens with zero attached hydrogens (tertiary/aromatic N) is 1. The summed E-state index contributed by atoms with van der Waals surface area (Å²) in [7, 11) is 2.99. The van der Waals surface area contributed by atoms with E-state index in [9.17, 15) is 4.79 Å². The fourth-order valence-electron chi connectivity index (χ4n) is 3.37. The summed E-state index contributed by atoms with van der Waals surface area (Å²) < 4.78 is 16.2. The van der Waals surface area contributed by atoms with Crippen LogP contribution in [0.25, 0.3) is 10.8 Å². The molecule has 0 fully saturated rings. The highest BCUT2D eigenvalue weighted by Gasteiger charge is 2.19. The van der Waals surface area contributed by atoms with Gasteiger partial charge in [-0.3, -0.25) is 0 Å². The largest absolute Gasteiger partial charge is 0.497 e. The lowest BCUT2D eigenvalue weighted by molar-refractivity contribution is 0.0589. The van der Waals surface area contributed by atoms with E-state index in [1.807, 2.05) is 72.8 Å². The van der Waals surface area contributed by atoms with E-state index >= 15 is 0 Å². The monoisotopic (exact) mass is 428 g/mol. The minimum atomic E-state index is -0.531. The number of anilines is 1. The zero-order chi connectivity index (χ0) is 22.3. The summed E-state index contributed by atoms with van der Waals surface area (Å²) in [6, 6.07) is 23.6. The lowest BCUT2D eigenvalue weighted by Gasteiger charge is -2.14. The maximum Gasteiger partial charge on any atom is 0.360 e. The number of pyridine rings is 1. The van der Waals surface area contributed by atoms with Crippen LogP contribution in [0.1, 0.15) is 21.6 Å². The third kappa shape index (κ3) is 4.81. The van der Waals surface area contributed by atoms with Gasteiger partial charge < -0.3 is 19.5 Å². The van der Waals surface area contributed by atoms with E-state index in [1.165, 1.54) is 7.11 Å². The SMILES string of the molecule is COC(=O)c1ncc2cc(NCc3ccc(OC)cc3)ccc2c1OCc1ccccc1. The van der Waals surface area contributed by atoms with Crippen molar-refractivity contribution in [1.82, 2.24) is 4.98 Å². The van der Waals surface area contributed by atoms with Crippen molar-refractivity contribution in [3.05, 3.63) is 95.8 Å². The molecule has 0 atom stereocenters. The standard InChI is InChI=1S/C26H24N2O4/c1-30-22-11-8-18(9-12-22)15-27-21-10-13-23-20(14-21)16-28-24(26(29)31-2)25(23)32-17-19-6-4-3-5-7-19/h3-14,16,27H,15,17H2,1-2H3. The highest BCUT2D eigenvalue weighted by molar-refractivity contribution is 6.00. The van der Waals surface area contributed by atoms with Gasteiger partial charge in [-0.25, -0.2) is 9.78 Å². The third-order valence-corrected chi connectivity index (χ3v) is 5.10. The molecular weight excluding hydrogens is 404 g/mol. The van der Waals surface area contributed by atoms with Crippen LogP contribution in [0.4, 0.5) is 5.69 Å². The van der Waals surface area contributed by atoms with Crippen molar-refractivity contribution in [3.63, 3.8) is 0 Å². The Labute approximate surface area is 186 Å². The normalized spacial score (nSPS) is 10.6. The number of benzene rings is 3. The number of ether oxygens (including phenoxy) is 3. The van der Waals surface area contributed by atoms with Crippen LogP contribution in [0.3, 0.4) is 0 Å². The fraction of sp³-hybridized carbons (Fsp3) is 0.154. The maximum atomic E-state index is 12.3. The van der Waals surface area contributed by atoms with E-state index < -0.39 is 5.97 Å². The molecule has 1 N–H and O–H groups in total. The van der Waals surface area contributed by atoms with Crippen LogP contribution in [0.15, 0.2) is 79.0 Å². The molecule has 4 rings (SSSR count). The van der Waals surface area contributed by atoms with Gasteiger partial charge in [0.05, 0.1) is 14.2 Å². The van der Waals surface area contributed by atoms with Crippen LogP contribution >= 0.6 is 0 Å². The van der Waals surface area contributed by atoms with Crippen LogP contribution in [0, 0.1) is 0 Å². The van der Waals surface area contributed by atoms with Gasteiger partial charge in [0, 0.05) is 29.2 Å². The Bertz CT molecular complexity index is 1210. The molecule has 1 aromatic heterocycles. The van der Waals surface area contributed by atoms with Gasteiger partial charge >= 0.3 is 5.97 Å². The second-order valence-electron chi connectivity index (χ2n) is 7.21. The quantitative estimate of drug-likeness (QED) is 0.388. The molecule has 6 heteroatoms. The molecule has 0 amide bonds. The van der Waals surface area contributed by atoms with Gasteiger partial charge in [-0.15, -0.1) is 0 Å². The molecule has 4 aromatic rings. The number of aromatic nitrogens is 1. The maximum absolute atomic E-state index is 12.3. The molecule has 6 nitrogen and oxygen atoms in total. The van der Waals surface area contributed by atoms with Crippen molar-refractivity contribution >= 4 is 22.4 Å². The number of methoxy groups -OCH3 is 2. The first-order chi connectivity index (χ1) is 15.7. The number of fused-ring (bicyclic) bond motifs is 1. The summed E-state index contributed by atoms with van der Waals surface area (Å²) in [6.07, 6.45) is 1.66. The Morgan fingerprint density at radius 1 is 0.938 bits per heavy atom. The van der Waals surface area contributed by atoms with Crippen LogP contribution < -0.4 is 14.8 Å². The Hall–Kier alpha value is -4.06. The van der Waals surface area contributed by atoms with Crippen LogP contribution in [0.2, 0.25) is 0 Å². The van der Waals surface area contributed by atoms with Crippen LogP contribution in [-0.4, -0.2) is 25.2 Å². The molecule has 0 saturated carbocycles. The first-order valence-electron chi connectivity index (χ1n) is 10.2. The molecule has 0 aliphatic carbocycles. The molecule has 0 saturated heterocycles. The van der Waals surface area contributed by atoms with Gasteiger partial charge in [0.2, 0.25) is 0 Å². The molecule has 0 aliphatic rings. The molecule has 0 aliphatic heterocycles. The molecular formula is C26H24N2O4. The van der Waals surface area contributed by atoms with Gasteiger partial charge in [0.25, 0.3) is 0 Å². The Balaban J connectivity index is 1.59.